The molecule has 2 aliphatic rings. The number of amides is 1. The predicted molar refractivity (Wildman–Crippen MR) is 127 cm³/mol. The van der Waals surface area contributed by atoms with Crippen molar-refractivity contribution in [2.45, 2.75) is 30.6 Å². The number of fused-ring (bicyclic) bond motifs is 2. The van der Waals surface area contributed by atoms with Crippen LogP contribution in [0.3, 0.4) is 0 Å². The number of ether oxygens (including phenoxy) is 1. The summed E-state index contributed by atoms with van der Waals surface area (Å²) in [6.07, 6.45) is 4.71. The molecule has 0 bridgehead atoms. The number of anilines is 1. The van der Waals surface area contributed by atoms with Crippen LogP contribution in [0, 0.1) is 5.92 Å². The molecule has 2 aromatic carbocycles. The Kier molecular flexibility index (Phi) is 5.80. The molecule has 33 heavy (non-hydrogen) atoms. The van der Waals surface area contributed by atoms with E-state index in [2.05, 4.69) is 4.98 Å². The number of carbonyl (C=O) groups excluding carboxylic acids is 1. The van der Waals surface area contributed by atoms with E-state index in [1.807, 2.05) is 35.2 Å². The molecular weight excluding hydrogens is 438 g/mol. The van der Waals surface area contributed by atoms with Crippen molar-refractivity contribution in [1.82, 2.24) is 9.29 Å². The Morgan fingerprint density at radius 1 is 1.09 bits per heavy atom. The normalized spacial score (nSPS) is 19.3. The summed E-state index contributed by atoms with van der Waals surface area (Å²) in [4.78, 5) is 19.9. The van der Waals surface area contributed by atoms with Crippen LogP contribution in [0.25, 0.3) is 10.9 Å². The number of para-hydroxylation sites is 1. The van der Waals surface area contributed by atoms with Gasteiger partial charge in [-0.2, -0.15) is 4.31 Å². The average molecular weight is 466 g/mol. The summed E-state index contributed by atoms with van der Waals surface area (Å²) in [5.41, 5.74) is 2.47. The predicted octanol–water partition coefficient (Wildman–Crippen LogP) is 3.62. The molecule has 5 rings (SSSR count). The van der Waals surface area contributed by atoms with E-state index < -0.39 is 10.0 Å². The standard InChI is InChI=1S/C25H27N3O4S/c1-32-21-11-12-22-19(16-21)8-5-15-28(22)25(29)20-9-4-14-27(17-20)33(30,31)23-10-2-6-18-7-3-13-26-24(18)23/h2-3,6-7,10-13,16,20H,4-5,8-9,14-15,17H2,1H3. The Labute approximate surface area is 194 Å². The molecule has 0 N–H and O–H groups in total. The summed E-state index contributed by atoms with van der Waals surface area (Å²) < 4.78 is 33.9. The van der Waals surface area contributed by atoms with Crippen LogP contribution in [0.5, 0.6) is 5.75 Å². The van der Waals surface area contributed by atoms with E-state index in [0.29, 0.717) is 31.4 Å². The van der Waals surface area contributed by atoms with Gasteiger partial charge in [0.05, 0.1) is 18.5 Å². The van der Waals surface area contributed by atoms with Crippen LogP contribution in [-0.4, -0.2) is 50.4 Å². The van der Waals surface area contributed by atoms with Gasteiger partial charge in [0, 0.05) is 36.9 Å². The van der Waals surface area contributed by atoms with Gasteiger partial charge in [0.2, 0.25) is 15.9 Å². The van der Waals surface area contributed by atoms with Crippen molar-refractivity contribution >= 4 is 32.5 Å². The maximum atomic E-state index is 13.6. The Morgan fingerprint density at radius 3 is 2.79 bits per heavy atom. The number of carbonyl (C=O) groups is 1. The molecule has 7 nitrogen and oxygen atoms in total. The zero-order valence-corrected chi connectivity index (χ0v) is 19.4. The third-order valence-corrected chi connectivity index (χ3v) is 8.51. The first-order valence-corrected chi connectivity index (χ1v) is 12.8. The van der Waals surface area contributed by atoms with Gasteiger partial charge >= 0.3 is 0 Å². The van der Waals surface area contributed by atoms with Gasteiger partial charge in [-0.1, -0.05) is 18.2 Å². The molecule has 1 unspecified atom stereocenters. The van der Waals surface area contributed by atoms with Gasteiger partial charge in [-0.15, -0.1) is 0 Å². The number of hydrogen-bond donors (Lipinski definition) is 0. The lowest BCUT2D eigenvalue weighted by atomic mass is 9.95. The second-order valence-electron chi connectivity index (χ2n) is 8.62. The third kappa shape index (κ3) is 3.98. The van der Waals surface area contributed by atoms with E-state index in [4.69, 9.17) is 4.74 Å². The van der Waals surface area contributed by atoms with Gasteiger partial charge in [-0.05, 0) is 61.6 Å². The summed E-state index contributed by atoms with van der Waals surface area (Å²) in [7, 11) is -2.14. The summed E-state index contributed by atoms with van der Waals surface area (Å²) in [5.74, 6) is 0.406. The van der Waals surface area contributed by atoms with E-state index in [1.165, 1.54) is 4.31 Å². The van der Waals surface area contributed by atoms with Crippen LogP contribution in [-0.2, 0) is 21.2 Å². The van der Waals surface area contributed by atoms with E-state index in [-0.39, 0.29) is 23.3 Å². The van der Waals surface area contributed by atoms with E-state index in [1.54, 1.807) is 31.5 Å². The maximum absolute atomic E-state index is 13.6. The van der Waals surface area contributed by atoms with Crippen molar-refractivity contribution in [3.8, 4) is 5.75 Å². The van der Waals surface area contributed by atoms with Crippen LogP contribution in [0.1, 0.15) is 24.8 Å². The minimum absolute atomic E-state index is 0.00272. The van der Waals surface area contributed by atoms with Crippen LogP contribution >= 0.6 is 0 Å². The Hall–Kier alpha value is -2.97. The first-order chi connectivity index (χ1) is 16.0. The zero-order valence-electron chi connectivity index (χ0n) is 18.6. The number of piperidine rings is 1. The molecule has 172 valence electrons. The SMILES string of the molecule is COc1ccc2c(c1)CCCN2C(=O)C1CCCN(S(=O)(=O)c2cccc3cccnc23)C1. The second kappa shape index (κ2) is 8.76. The molecule has 1 atom stereocenters. The van der Waals surface area contributed by atoms with Crippen LogP contribution < -0.4 is 9.64 Å². The summed E-state index contributed by atoms with van der Waals surface area (Å²) in [6, 6.07) is 14.6. The Balaban J connectivity index is 1.41. The molecule has 8 heteroatoms. The molecule has 1 aromatic heterocycles. The molecule has 3 aromatic rings. The molecule has 1 fully saturated rings. The fourth-order valence-corrected chi connectivity index (χ4v) is 6.62. The number of methoxy groups -OCH3 is 1. The number of pyridine rings is 1. The van der Waals surface area contributed by atoms with Gasteiger partial charge < -0.3 is 9.64 Å². The Bertz CT molecular complexity index is 1300. The molecule has 0 radical (unpaired) electrons. The molecule has 1 saturated heterocycles. The van der Waals surface area contributed by atoms with Crippen LogP contribution in [0.15, 0.2) is 59.6 Å². The minimum Gasteiger partial charge on any atom is -0.497 e. The van der Waals surface area contributed by atoms with E-state index in [0.717, 1.165) is 35.2 Å². The smallest absolute Gasteiger partial charge is 0.245 e. The summed E-state index contributed by atoms with van der Waals surface area (Å²) in [5, 5.41) is 0.781. The average Bonchev–Trinajstić information content (AvgIpc) is 2.87. The molecule has 0 aliphatic carbocycles. The van der Waals surface area contributed by atoms with Crippen LogP contribution in [0.2, 0.25) is 0 Å². The topological polar surface area (TPSA) is 79.8 Å². The highest BCUT2D eigenvalue weighted by molar-refractivity contribution is 7.89. The van der Waals surface area contributed by atoms with Crippen molar-refractivity contribution in [3.05, 3.63) is 60.3 Å². The fourth-order valence-electron chi connectivity index (χ4n) is 4.94. The van der Waals surface area contributed by atoms with Gasteiger partial charge in [0.25, 0.3) is 0 Å². The summed E-state index contributed by atoms with van der Waals surface area (Å²) in [6.45, 7) is 1.24. The van der Waals surface area contributed by atoms with Crippen molar-refractivity contribution in [3.63, 3.8) is 0 Å². The van der Waals surface area contributed by atoms with E-state index >= 15 is 0 Å². The monoisotopic (exact) mass is 465 g/mol. The molecule has 0 spiro atoms. The highest BCUT2D eigenvalue weighted by Gasteiger charge is 2.37. The van der Waals surface area contributed by atoms with E-state index in [9.17, 15) is 13.2 Å². The number of aryl methyl sites for hydroxylation is 1. The molecule has 3 heterocycles. The van der Waals surface area contributed by atoms with Crippen molar-refractivity contribution in [1.29, 1.82) is 0 Å². The Morgan fingerprint density at radius 2 is 1.94 bits per heavy atom. The largest absolute Gasteiger partial charge is 0.497 e. The van der Waals surface area contributed by atoms with Crippen molar-refractivity contribution < 1.29 is 17.9 Å². The lowest BCUT2D eigenvalue weighted by molar-refractivity contribution is -0.123. The first kappa shape index (κ1) is 21.9. The lowest BCUT2D eigenvalue weighted by Gasteiger charge is -2.36. The number of hydrogen-bond acceptors (Lipinski definition) is 5. The van der Waals surface area contributed by atoms with Crippen LogP contribution in [0.4, 0.5) is 5.69 Å². The number of benzene rings is 2. The summed E-state index contributed by atoms with van der Waals surface area (Å²) >= 11 is 0. The minimum atomic E-state index is -3.77. The number of nitrogens with zero attached hydrogens (tertiary/aromatic N) is 3. The highest BCUT2D eigenvalue weighted by atomic mass is 32.2. The molecule has 1 amide bonds. The third-order valence-electron chi connectivity index (χ3n) is 6.62. The number of sulfonamides is 1. The quantitative estimate of drug-likeness (QED) is 0.588. The van der Waals surface area contributed by atoms with Gasteiger partial charge in [-0.3, -0.25) is 9.78 Å². The van der Waals surface area contributed by atoms with Crippen molar-refractivity contribution in [2.24, 2.45) is 5.92 Å². The highest BCUT2D eigenvalue weighted by Crippen LogP contribution is 2.34. The number of aromatic nitrogens is 1. The maximum Gasteiger partial charge on any atom is 0.245 e. The molecule has 2 aliphatic heterocycles. The fraction of sp³-hybridized carbons (Fsp3) is 0.360. The molecular formula is C25H27N3O4S. The molecule has 0 saturated carbocycles. The van der Waals surface area contributed by atoms with Gasteiger partial charge in [0.15, 0.2) is 0 Å². The van der Waals surface area contributed by atoms with Crippen molar-refractivity contribution in [2.75, 3.05) is 31.6 Å². The van der Waals surface area contributed by atoms with Gasteiger partial charge in [0.1, 0.15) is 10.6 Å². The lowest BCUT2D eigenvalue weighted by Crippen LogP contribution is -2.48. The second-order valence-corrected chi connectivity index (χ2v) is 10.5. The zero-order chi connectivity index (χ0) is 23.0. The van der Waals surface area contributed by atoms with Gasteiger partial charge in [-0.25, -0.2) is 8.42 Å². The first-order valence-electron chi connectivity index (χ1n) is 11.3. The number of rotatable bonds is 4.